The quantitative estimate of drug-likeness (QED) is 0.648. The van der Waals surface area contributed by atoms with Gasteiger partial charge in [0.1, 0.15) is 5.69 Å². The van der Waals surface area contributed by atoms with E-state index >= 15 is 0 Å². The van der Waals surface area contributed by atoms with Crippen molar-refractivity contribution in [2.75, 3.05) is 13.1 Å². The van der Waals surface area contributed by atoms with Gasteiger partial charge in [-0.05, 0) is 5.21 Å². The van der Waals surface area contributed by atoms with Crippen LogP contribution in [0, 0.1) is 0 Å². The lowest BCUT2D eigenvalue weighted by Crippen LogP contribution is -2.43. The monoisotopic (exact) mass is 248 g/mol. The van der Waals surface area contributed by atoms with E-state index < -0.39 is 0 Å². The standard InChI is InChI=1S/C9H12N8O/c1-16-13-9(12-14-16)2-8(18)7-5-17(15-11-7)6-3-10-4-6/h5-6,10H,2-4H2,1H3. The van der Waals surface area contributed by atoms with Gasteiger partial charge in [0, 0.05) is 13.1 Å². The van der Waals surface area contributed by atoms with E-state index in [2.05, 4.69) is 31.0 Å². The molecular weight excluding hydrogens is 236 g/mol. The van der Waals surface area contributed by atoms with Crippen molar-refractivity contribution in [2.24, 2.45) is 7.05 Å². The molecule has 0 aromatic carbocycles. The van der Waals surface area contributed by atoms with Crippen molar-refractivity contribution < 1.29 is 4.79 Å². The molecule has 1 aliphatic heterocycles. The Morgan fingerprint density at radius 2 is 2.28 bits per heavy atom. The summed E-state index contributed by atoms with van der Waals surface area (Å²) in [6.45, 7) is 1.73. The van der Waals surface area contributed by atoms with Crippen LogP contribution >= 0.6 is 0 Å². The Hall–Kier alpha value is -2.16. The highest BCUT2D eigenvalue weighted by Crippen LogP contribution is 2.10. The number of nitrogens with zero attached hydrogens (tertiary/aromatic N) is 7. The van der Waals surface area contributed by atoms with Gasteiger partial charge in [-0.15, -0.1) is 15.3 Å². The number of rotatable bonds is 4. The molecule has 2 aromatic heterocycles. The molecule has 1 aliphatic rings. The first-order chi connectivity index (χ1) is 8.72. The summed E-state index contributed by atoms with van der Waals surface area (Å²) in [5.74, 6) is 0.240. The Morgan fingerprint density at radius 1 is 1.44 bits per heavy atom. The first-order valence-electron chi connectivity index (χ1n) is 5.61. The van der Waals surface area contributed by atoms with Gasteiger partial charge < -0.3 is 5.32 Å². The summed E-state index contributed by atoms with van der Waals surface area (Å²) in [6.07, 6.45) is 1.76. The SMILES string of the molecule is Cn1nnc(CC(=O)c2cn(C3CNC3)nn2)n1. The van der Waals surface area contributed by atoms with E-state index in [-0.39, 0.29) is 12.2 Å². The van der Waals surface area contributed by atoms with Crippen molar-refractivity contribution in [2.45, 2.75) is 12.5 Å². The molecule has 2 aromatic rings. The molecule has 0 aliphatic carbocycles. The summed E-state index contributed by atoms with van der Waals surface area (Å²) in [6, 6.07) is 0.300. The highest BCUT2D eigenvalue weighted by atomic mass is 16.1. The number of aromatic nitrogens is 7. The minimum Gasteiger partial charge on any atom is -0.312 e. The number of tetrazole rings is 1. The van der Waals surface area contributed by atoms with Gasteiger partial charge in [-0.2, -0.15) is 4.80 Å². The van der Waals surface area contributed by atoms with Crippen LogP contribution in [0.25, 0.3) is 0 Å². The molecule has 0 radical (unpaired) electrons. The Kier molecular flexibility index (Phi) is 2.59. The summed E-state index contributed by atoms with van der Waals surface area (Å²) in [7, 11) is 1.65. The van der Waals surface area contributed by atoms with Crippen LogP contribution in [0.15, 0.2) is 6.20 Å². The molecule has 94 valence electrons. The summed E-state index contributed by atoms with van der Waals surface area (Å²) in [5.41, 5.74) is 0.342. The van der Waals surface area contributed by atoms with Crippen LogP contribution < -0.4 is 5.32 Å². The van der Waals surface area contributed by atoms with Crippen LogP contribution in [-0.2, 0) is 13.5 Å². The van der Waals surface area contributed by atoms with Crippen molar-refractivity contribution in [3.05, 3.63) is 17.7 Å². The molecule has 1 N–H and O–H groups in total. The third kappa shape index (κ3) is 1.99. The van der Waals surface area contributed by atoms with Gasteiger partial charge in [-0.1, -0.05) is 5.21 Å². The van der Waals surface area contributed by atoms with E-state index in [0.29, 0.717) is 17.6 Å². The van der Waals surface area contributed by atoms with Gasteiger partial charge in [0.05, 0.1) is 25.7 Å². The minimum absolute atomic E-state index is 0.0927. The third-order valence-corrected chi connectivity index (χ3v) is 2.80. The Bertz CT molecular complexity index is 569. The van der Waals surface area contributed by atoms with Crippen molar-refractivity contribution in [3.63, 3.8) is 0 Å². The van der Waals surface area contributed by atoms with E-state index in [1.807, 2.05) is 0 Å². The average molecular weight is 248 g/mol. The van der Waals surface area contributed by atoms with Crippen LogP contribution in [0.4, 0.5) is 0 Å². The molecule has 1 saturated heterocycles. The second-order valence-corrected chi connectivity index (χ2v) is 4.19. The molecule has 0 amide bonds. The maximum Gasteiger partial charge on any atom is 0.192 e. The van der Waals surface area contributed by atoms with Crippen LogP contribution in [0.3, 0.4) is 0 Å². The van der Waals surface area contributed by atoms with E-state index in [0.717, 1.165) is 13.1 Å². The molecule has 0 atom stereocenters. The number of ketones is 1. The Balaban J connectivity index is 1.70. The van der Waals surface area contributed by atoms with Gasteiger partial charge in [-0.3, -0.25) is 4.79 Å². The Morgan fingerprint density at radius 3 is 2.89 bits per heavy atom. The molecule has 1 fully saturated rings. The number of Topliss-reactive ketones (excluding diaryl/α,β-unsaturated/α-hetero) is 1. The lowest BCUT2D eigenvalue weighted by molar-refractivity contribution is 0.0986. The van der Waals surface area contributed by atoms with Gasteiger partial charge in [0.15, 0.2) is 11.6 Å². The fourth-order valence-electron chi connectivity index (χ4n) is 1.67. The topological polar surface area (TPSA) is 103 Å². The maximum absolute atomic E-state index is 11.9. The molecule has 0 unspecified atom stereocenters. The predicted octanol–water partition coefficient (Wildman–Crippen LogP) is -1.63. The van der Waals surface area contributed by atoms with Gasteiger partial charge in [-0.25, -0.2) is 4.68 Å². The molecule has 0 spiro atoms. The number of carbonyl (C=O) groups excluding carboxylic acids is 1. The molecule has 18 heavy (non-hydrogen) atoms. The Labute approximate surface area is 102 Å². The second-order valence-electron chi connectivity index (χ2n) is 4.19. The summed E-state index contributed by atoms with van der Waals surface area (Å²) in [4.78, 5) is 13.2. The largest absolute Gasteiger partial charge is 0.312 e. The summed E-state index contributed by atoms with van der Waals surface area (Å²) >= 11 is 0. The lowest BCUT2D eigenvalue weighted by Gasteiger charge is -2.26. The van der Waals surface area contributed by atoms with E-state index in [9.17, 15) is 4.79 Å². The zero-order valence-electron chi connectivity index (χ0n) is 9.81. The smallest absolute Gasteiger partial charge is 0.192 e. The fourth-order valence-corrected chi connectivity index (χ4v) is 1.67. The number of hydrogen-bond donors (Lipinski definition) is 1. The van der Waals surface area contributed by atoms with Crippen LogP contribution in [0.2, 0.25) is 0 Å². The summed E-state index contributed by atoms with van der Waals surface area (Å²) < 4.78 is 1.72. The lowest BCUT2D eigenvalue weighted by atomic mass is 10.2. The zero-order chi connectivity index (χ0) is 12.5. The average Bonchev–Trinajstić information content (AvgIpc) is 2.86. The highest BCUT2D eigenvalue weighted by molar-refractivity contribution is 5.94. The number of nitrogens with one attached hydrogen (secondary N) is 1. The molecule has 3 rings (SSSR count). The second kappa shape index (κ2) is 4.26. The van der Waals surface area contributed by atoms with Gasteiger partial charge in [0.25, 0.3) is 0 Å². The highest BCUT2D eigenvalue weighted by Gasteiger charge is 2.22. The first-order valence-corrected chi connectivity index (χ1v) is 5.61. The van der Waals surface area contributed by atoms with Crippen LogP contribution in [-0.4, -0.2) is 54.1 Å². The molecule has 0 bridgehead atoms. The van der Waals surface area contributed by atoms with Gasteiger partial charge in [0.2, 0.25) is 0 Å². The van der Waals surface area contributed by atoms with Crippen molar-refractivity contribution in [1.29, 1.82) is 0 Å². The minimum atomic E-state index is -0.151. The van der Waals surface area contributed by atoms with E-state index in [1.54, 1.807) is 17.9 Å². The van der Waals surface area contributed by atoms with Crippen molar-refractivity contribution in [1.82, 2.24) is 40.5 Å². The summed E-state index contributed by atoms with van der Waals surface area (Å²) in [5, 5.41) is 22.4. The van der Waals surface area contributed by atoms with Crippen molar-refractivity contribution >= 4 is 5.78 Å². The third-order valence-electron chi connectivity index (χ3n) is 2.80. The molecule has 0 saturated carbocycles. The van der Waals surface area contributed by atoms with Gasteiger partial charge >= 0.3 is 0 Å². The molecule has 3 heterocycles. The maximum atomic E-state index is 11.9. The van der Waals surface area contributed by atoms with Crippen LogP contribution in [0.5, 0.6) is 0 Å². The fraction of sp³-hybridized carbons (Fsp3) is 0.556. The zero-order valence-corrected chi connectivity index (χ0v) is 9.81. The predicted molar refractivity (Wildman–Crippen MR) is 58.8 cm³/mol. The van der Waals surface area contributed by atoms with E-state index in [1.165, 1.54) is 4.80 Å². The first kappa shape index (κ1) is 11.0. The van der Waals surface area contributed by atoms with Crippen molar-refractivity contribution in [3.8, 4) is 0 Å². The molecule has 9 nitrogen and oxygen atoms in total. The number of hydrogen-bond acceptors (Lipinski definition) is 7. The molecular formula is C9H12N8O. The van der Waals surface area contributed by atoms with Crippen LogP contribution in [0.1, 0.15) is 22.4 Å². The number of carbonyl (C=O) groups is 1. The van der Waals surface area contributed by atoms with E-state index in [4.69, 9.17) is 0 Å². The normalized spacial score (nSPS) is 15.6. The number of aryl methyl sites for hydroxylation is 1. The molecule has 9 heteroatoms.